The fraction of sp³-hybridized carbons (Fsp3) is 0.667. The summed E-state index contributed by atoms with van der Waals surface area (Å²) in [4.78, 5) is 10.2. The lowest BCUT2D eigenvalue weighted by Gasteiger charge is -2.13. The number of aliphatic carboxylic acids is 1. The van der Waals surface area contributed by atoms with Gasteiger partial charge in [-0.15, -0.1) is 0 Å². The lowest BCUT2D eigenvalue weighted by molar-refractivity contribution is -0.131. The molecule has 0 aromatic heterocycles. The third-order valence-corrected chi connectivity index (χ3v) is 1.86. The Morgan fingerprint density at radius 3 is 2.54 bits per heavy atom. The zero-order valence-corrected chi connectivity index (χ0v) is 8.03. The maximum Gasteiger partial charge on any atom is 0.328 e. The molecule has 0 spiro atoms. The van der Waals surface area contributed by atoms with Crippen molar-refractivity contribution in [2.24, 2.45) is 5.73 Å². The third-order valence-electron chi connectivity index (χ3n) is 1.86. The van der Waals surface area contributed by atoms with E-state index in [1.165, 1.54) is 0 Å². The van der Waals surface area contributed by atoms with Gasteiger partial charge in [-0.3, -0.25) is 0 Å². The molecule has 0 rings (SSSR count). The van der Waals surface area contributed by atoms with Crippen LogP contribution in [0.5, 0.6) is 0 Å². The molecule has 0 heterocycles. The number of allylic oxidation sites excluding steroid dienone is 1. The second-order valence-corrected chi connectivity index (χ2v) is 3.27. The van der Waals surface area contributed by atoms with Crippen molar-refractivity contribution < 1.29 is 15.0 Å². The second kappa shape index (κ2) is 5.72. The molecule has 0 aliphatic rings. The van der Waals surface area contributed by atoms with Crippen LogP contribution < -0.4 is 5.73 Å². The molecule has 0 saturated heterocycles. The van der Waals surface area contributed by atoms with E-state index in [0.29, 0.717) is 12.8 Å². The van der Waals surface area contributed by atoms with Gasteiger partial charge in [0.1, 0.15) is 0 Å². The number of hydrogen-bond donors (Lipinski definition) is 3. The Bertz CT molecular complexity index is 199. The zero-order valence-electron chi connectivity index (χ0n) is 8.03. The molecule has 0 aliphatic carbocycles. The molecule has 0 radical (unpaired) electrons. The average Bonchev–Trinajstić information content (AvgIpc) is 1.98. The summed E-state index contributed by atoms with van der Waals surface area (Å²) in [6.45, 7) is 3.36. The van der Waals surface area contributed by atoms with Gasteiger partial charge < -0.3 is 15.9 Å². The SMILES string of the molecule is C/C(=C\C(=O)O)CCC(N)C(C)O. The molecule has 4 heteroatoms. The molecule has 0 saturated carbocycles. The normalized spacial score (nSPS) is 16.8. The lowest BCUT2D eigenvalue weighted by Crippen LogP contribution is -2.32. The van der Waals surface area contributed by atoms with Crippen molar-refractivity contribution in [1.82, 2.24) is 0 Å². The highest BCUT2D eigenvalue weighted by molar-refractivity contribution is 5.80. The van der Waals surface area contributed by atoms with Crippen LogP contribution in [0, 0.1) is 0 Å². The summed E-state index contributed by atoms with van der Waals surface area (Å²) in [5.41, 5.74) is 6.34. The van der Waals surface area contributed by atoms with E-state index in [0.717, 1.165) is 11.6 Å². The van der Waals surface area contributed by atoms with E-state index in [9.17, 15) is 4.79 Å². The summed E-state index contributed by atoms with van der Waals surface area (Å²) in [5.74, 6) is -0.942. The number of aliphatic hydroxyl groups excluding tert-OH is 1. The van der Waals surface area contributed by atoms with E-state index in [2.05, 4.69) is 0 Å². The van der Waals surface area contributed by atoms with Gasteiger partial charge in [0, 0.05) is 12.1 Å². The number of aliphatic hydroxyl groups is 1. The van der Waals surface area contributed by atoms with Crippen molar-refractivity contribution in [3.8, 4) is 0 Å². The summed E-state index contributed by atoms with van der Waals surface area (Å²) in [5, 5.41) is 17.5. The number of carboxylic acids is 1. The van der Waals surface area contributed by atoms with Crippen molar-refractivity contribution in [3.63, 3.8) is 0 Å². The van der Waals surface area contributed by atoms with Gasteiger partial charge in [0.25, 0.3) is 0 Å². The molecule has 0 aliphatic heterocycles. The minimum absolute atomic E-state index is 0.280. The first kappa shape index (κ1) is 12.1. The van der Waals surface area contributed by atoms with E-state index in [1.54, 1.807) is 13.8 Å². The maximum atomic E-state index is 10.2. The molecule has 2 atom stereocenters. The first-order valence-electron chi connectivity index (χ1n) is 4.27. The molecule has 13 heavy (non-hydrogen) atoms. The topological polar surface area (TPSA) is 83.5 Å². The van der Waals surface area contributed by atoms with Crippen molar-refractivity contribution in [3.05, 3.63) is 11.6 Å². The highest BCUT2D eigenvalue weighted by atomic mass is 16.4. The molecular weight excluding hydrogens is 170 g/mol. The largest absolute Gasteiger partial charge is 0.478 e. The Labute approximate surface area is 78.1 Å². The second-order valence-electron chi connectivity index (χ2n) is 3.27. The molecule has 2 unspecified atom stereocenters. The number of rotatable bonds is 5. The van der Waals surface area contributed by atoms with E-state index in [-0.39, 0.29) is 6.04 Å². The van der Waals surface area contributed by atoms with Crippen molar-refractivity contribution in [2.45, 2.75) is 38.8 Å². The highest BCUT2D eigenvalue weighted by Crippen LogP contribution is 2.07. The Morgan fingerprint density at radius 2 is 2.15 bits per heavy atom. The minimum Gasteiger partial charge on any atom is -0.478 e. The Kier molecular flexibility index (Phi) is 5.34. The van der Waals surface area contributed by atoms with E-state index in [1.807, 2.05) is 0 Å². The molecule has 4 nitrogen and oxygen atoms in total. The van der Waals surface area contributed by atoms with Gasteiger partial charge >= 0.3 is 5.97 Å². The van der Waals surface area contributed by atoms with Gasteiger partial charge in [-0.05, 0) is 26.7 Å². The standard InChI is InChI=1S/C9H17NO3/c1-6(5-9(12)13)3-4-8(10)7(2)11/h5,7-8,11H,3-4,10H2,1-2H3,(H,12,13)/b6-5+. The zero-order chi connectivity index (χ0) is 10.4. The number of carbonyl (C=O) groups is 1. The predicted molar refractivity (Wildman–Crippen MR) is 50.3 cm³/mol. The van der Waals surface area contributed by atoms with Crippen LogP contribution in [0.4, 0.5) is 0 Å². The Hall–Kier alpha value is -0.870. The molecular formula is C9H17NO3. The monoisotopic (exact) mass is 187 g/mol. The fourth-order valence-corrected chi connectivity index (χ4v) is 0.918. The van der Waals surface area contributed by atoms with E-state index < -0.39 is 12.1 Å². The Balaban J connectivity index is 3.82. The van der Waals surface area contributed by atoms with E-state index >= 15 is 0 Å². The van der Waals surface area contributed by atoms with Crippen molar-refractivity contribution in [1.29, 1.82) is 0 Å². The molecule has 0 aromatic rings. The number of nitrogens with two attached hydrogens (primary N) is 1. The third kappa shape index (κ3) is 6.31. The summed E-state index contributed by atoms with van der Waals surface area (Å²) >= 11 is 0. The smallest absolute Gasteiger partial charge is 0.328 e. The van der Waals surface area contributed by atoms with Crippen LogP contribution in [0.15, 0.2) is 11.6 Å². The quantitative estimate of drug-likeness (QED) is 0.547. The lowest BCUT2D eigenvalue weighted by atomic mass is 10.0. The maximum absolute atomic E-state index is 10.2. The van der Waals surface area contributed by atoms with Crippen LogP contribution in [-0.4, -0.2) is 28.3 Å². The van der Waals surface area contributed by atoms with Crippen LogP contribution in [0.3, 0.4) is 0 Å². The average molecular weight is 187 g/mol. The molecule has 0 amide bonds. The van der Waals surface area contributed by atoms with Crippen LogP contribution in [0.1, 0.15) is 26.7 Å². The fourth-order valence-electron chi connectivity index (χ4n) is 0.918. The first-order chi connectivity index (χ1) is 5.93. The van der Waals surface area contributed by atoms with Crippen LogP contribution >= 0.6 is 0 Å². The first-order valence-corrected chi connectivity index (χ1v) is 4.27. The highest BCUT2D eigenvalue weighted by Gasteiger charge is 2.08. The van der Waals surface area contributed by atoms with Gasteiger partial charge in [0.15, 0.2) is 0 Å². The van der Waals surface area contributed by atoms with Crippen LogP contribution in [-0.2, 0) is 4.79 Å². The van der Waals surface area contributed by atoms with Crippen LogP contribution in [0.2, 0.25) is 0 Å². The van der Waals surface area contributed by atoms with E-state index in [4.69, 9.17) is 15.9 Å². The number of hydrogen-bond acceptors (Lipinski definition) is 3. The van der Waals surface area contributed by atoms with Crippen molar-refractivity contribution >= 4 is 5.97 Å². The summed E-state index contributed by atoms with van der Waals surface area (Å²) in [7, 11) is 0. The summed E-state index contributed by atoms with van der Waals surface area (Å²) in [6, 6.07) is -0.280. The molecule has 4 N–H and O–H groups in total. The van der Waals surface area contributed by atoms with Gasteiger partial charge in [-0.25, -0.2) is 4.79 Å². The predicted octanol–water partition coefficient (Wildman–Crippen LogP) is 0.506. The van der Waals surface area contributed by atoms with Gasteiger partial charge in [-0.1, -0.05) is 5.57 Å². The van der Waals surface area contributed by atoms with Gasteiger partial charge in [0.05, 0.1) is 6.10 Å². The molecule has 0 bridgehead atoms. The Morgan fingerprint density at radius 1 is 1.62 bits per heavy atom. The minimum atomic E-state index is -0.942. The van der Waals surface area contributed by atoms with Crippen molar-refractivity contribution in [2.75, 3.05) is 0 Å². The summed E-state index contributed by atoms with van der Waals surface area (Å²) in [6.07, 6.45) is 1.83. The number of carboxylic acid groups (broad SMARTS) is 1. The van der Waals surface area contributed by atoms with Crippen LogP contribution in [0.25, 0.3) is 0 Å². The molecule has 0 aromatic carbocycles. The van der Waals surface area contributed by atoms with Gasteiger partial charge in [0.2, 0.25) is 0 Å². The molecule has 0 fully saturated rings. The molecule has 76 valence electrons. The van der Waals surface area contributed by atoms with Gasteiger partial charge in [-0.2, -0.15) is 0 Å². The summed E-state index contributed by atoms with van der Waals surface area (Å²) < 4.78 is 0.